The van der Waals surface area contributed by atoms with Gasteiger partial charge in [0.1, 0.15) is 11.3 Å². The summed E-state index contributed by atoms with van der Waals surface area (Å²) in [4.78, 5) is 32.2. The van der Waals surface area contributed by atoms with Crippen molar-refractivity contribution in [3.63, 3.8) is 0 Å². The third-order valence-electron chi connectivity index (χ3n) is 2.34. The lowest BCUT2D eigenvalue weighted by molar-refractivity contribution is -0.384. The van der Waals surface area contributed by atoms with Gasteiger partial charge in [-0.1, -0.05) is 6.92 Å². The second kappa shape index (κ2) is 7.07. The summed E-state index contributed by atoms with van der Waals surface area (Å²) >= 11 is 0. The summed E-state index contributed by atoms with van der Waals surface area (Å²) in [5.41, 5.74) is -0.715. The highest BCUT2D eigenvalue weighted by molar-refractivity contribution is 5.92. The van der Waals surface area contributed by atoms with Crippen LogP contribution in [0.2, 0.25) is 0 Å². The van der Waals surface area contributed by atoms with Crippen LogP contribution in [0.3, 0.4) is 0 Å². The molecule has 0 heterocycles. The lowest BCUT2D eigenvalue weighted by atomic mass is 10.2. The van der Waals surface area contributed by atoms with E-state index in [1.54, 1.807) is 0 Å². The minimum Gasteiger partial charge on any atom is -0.483 e. The SMILES string of the molecule is CCCNC(=O)COc1ccc([N+](=O)[O-])cc1C(=O)O. The maximum atomic E-state index is 11.3. The Morgan fingerprint density at radius 3 is 2.70 bits per heavy atom. The number of rotatable bonds is 7. The van der Waals surface area contributed by atoms with Crippen LogP contribution in [-0.4, -0.2) is 35.1 Å². The largest absolute Gasteiger partial charge is 0.483 e. The lowest BCUT2D eigenvalue weighted by Crippen LogP contribution is -2.29. The zero-order valence-corrected chi connectivity index (χ0v) is 10.8. The predicted octanol–water partition coefficient (Wildman–Crippen LogP) is 1.20. The maximum absolute atomic E-state index is 11.3. The normalized spacial score (nSPS) is 9.85. The fourth-order valence-corrected chi connectivity index (χ4v) is 1.38. The molecule has 0 saturated carbocycles. The van der Waals surface area contributed by atoms with E-state index < -0.39 is 10.9 Å². The van der Waals surface area contributed by atoms with E-state index in [-0.39, 0.29) is 29.5 Å². The van der Waals surface area contributed by atoms with Crippen LogP contribution in [0.15, 0.2) is 18.2 Å². The Labute approximate surface area is 114 Å². The highest BCUT2D eigenvalue weighted by Crippen LogP contribution is 2.24. The molecule has 8 nitrogen and oxygen atoms in total. The van der Waals surface area contributed by atoms with Crippen molar-refractivity contribution in [2.24, 2.45) is 0 Å². The Kier molecular flexibility index (Phi) is 5.45. The van der Waals surface area contributed by atoms with Gasteiger partial charge in [0, 0.05) is 18.7 Å². The predicted molar refractivity (Wildman–Crippen MR) is 68.9 cm³/mol. The van der Waals surface area contributed by atoms with Crippen LogP contribution in [0, 0.1) is 10.1 Å². The van der Waals surface area contributed by atoms with Crippen molar-refractivity contribution in [2.75, 3.05) is 13.2 Å². The number of benzene rings is 1. The van der Waals surface area contributed by atoms with Crippen molar-refractivity contribution in [2.45, 2.75) is 13.3 Å². The second-order valence-corrected chi connectivity index (χ2v) is 3.88. The first kappa shape index (κ1) is 15.4. The first-order valence-corrected chi connectivity index (χ1v) is 5.87. The zero-order chi connectivity index (χ0) is 15.1. The first-order valence-electron chi connectivity index (χ1n) is 5.87. The number of carbonyl (C=O) groups excluding carboxylic acids is 1. The molecule has 0 aliphatic heterocycles. The molecule has 8 heteroatoms. The third-order valence-corrected chi connectivity index (χ3v) is 2.34. The van der Waals surface area contributed by atoms with Gasteiger partial charge >= 0.3 is 5.97 Å². The molecule has 0 unspecified atom stereocenters. The molecule has 0 bridgehead atoms. The van der Waals surface area contributed by atoms with Crippen LogP contribution in [0.25, 0.3) is 0 Å². The number of nitrogens with zero attached hydrogens (tertiary/aromatic N) is 1. The van der Waals surface area contributed by atoms with Gasteiger partial charge in [-0.2, -0.15) is 0 Å². The minimum absolute atomic E-state index is 0.0882. The van der Waals surface area contributed by atoms with Crippen LogP contribution in [-0.2, 0) is 4.79 Å². The van der Waals surface area contributed by atoms with Gasteiger partial charge in [-0.25, -0.2) is 4.79 Å². The van der Waals surface area contributed by atoms with E-state index in [0.717, 1.165) is 24.6 Å². The molecule has 0 saturated heterocycles. The van der Waals surface area contributed by atoms with Gasteiger partial charge < -0.3 is 15.2 Å². The highest BCUT2D eigenvalue weighted by Gasteiger charge is 2.17. The molecule has 0 atom stereocenters. The quantitative estimate of drug-likeness (QED) is 0.573. The van der Waals surface area contributed by atoms with Gasteiger partial charge in [0.05, 0.1) is 4.92 Å². The van der Waals surface area contributed by atoms with Crippen molar-refractivity contribution in [3.05, 3.63) is 33.9 Å². The third kappa shape index (κ3) is 4.23. The molecule has 1 aromatic rings. The fraction of sp³-hybridized carbons (Fsp3) is 0.333. The van der Waals surface area contributed by atoms with Crippen molar-refractivity contribution in [1.82, 2.24) is 5.32 Å². The number of nitro benzene ring substituents is 1. The number of carboxylic acid groups (broad SMARTS) is 1. The van der Waals surface area contributed by atoms with Crippen LogP contribution >= 0.6 is 0 Å². The summed E-state index contributed by atoms with van der Waals surface area (Å²) < 4.78 is 5.08. The van der Waals surface area contributed by atoms with Crippen LogP contribution in [0.4, 0.5) is 5.69 Å². The van der Waals surface area contributed by atoms with Crippen molar-refractivity contribution < 1.29 is 24.4 Å². The average molecular weight is 282 g/mol. The van der Waals surface area contributed by atoms with Gasteiger partial charge in [0.25, 0.3) is 11.6 Å². The lowest BCUT2D eigenvalue weighted by Gasteiger charge is -2.09. The number of ether oxygens (including phenoxy) is 1. The minimum atomic E-state index is -1.36. The monoisotopic (exact) mass is 282 g/mol. The summed E-state index contributed by atoms with van der Waals surface area (Å²) in [7, 11) is 0. The first-order chi connectivity index (χ1) is 9.45. The number of hydrogen-bond acceptors (Lipinski definition) is 5. The zero-order valence-electron chi connectivity index (χ0n) is 10.8. The molecule has 108 valence electrons. The van der Waals surface area contributed by atoms with E-state index in [2.05, 4.69) is 5.32 Å². The number of nitrogens with one attached hydrogen (secondary N) is 1. The van der Waals surface area contributed by atoms with Crippen molar-refractivity contribution >= 4 is 17.6 Å². The Morgan fingerprint density at radius 2 is 2.15 bits per heavy atom. The molecule has 0 fully saturated rings. The number of amides is 1. The molecular weight excluding hydrogens is 268 g/mol. The topological polar surface area (TPSA) is 119 Å². The van der Waals surface area contributed by atoms with Gasteiger partial charge in [0.15, 0.2) is 6.61 Å². The molecule has 0 aliphatic carbocycles. The maximum Gasteiger partial charge on any atom is 0.339 e. The summed E-state index contributed by atoms with van der Waals surface area (Å²) in [5.74, 6) is -1.84. The van der Waals surface area contributed by atoms with Gasteiger partial charge in [-0.05, 0) is 12.5 Å². The van der Waals surface area contributed by atoms with Crippen molar-refractivity contribution in [1.29, 1.82) is 0 Å². The van der Waals surface area contributed by atoms with E-state index in [4.69, 9.17) is 9.84 Å². The summed E-state index contributed by atoms with van der Waals surface area (Å²) in [6.07, 6.45) is 0.768. The number of carboxylic acids is 1. The van der Waals surface area contributed by atoms with Crippen LogP contribution < -0.4 is 10.1 Å². The van der Waals surface area contributed by atoms with E-state index >= 15 is 0 Å². The Morgan fingerprint density at radius 1 is 1.45 bits per heavy atom. The Hall–Kier alpha value is -2.64. The number of aromatic carboxylic acids is 1. The number of hydrogen-bond donors (Lipinski definition) is 2. The molecule has 0 spiro atoms. The molecular formula is C12H14N2O6. The molecule has 1 aromatic carbocycles. The number of non-ortho nitro benzene ring substituents is 1. The Balaban J connectivity index is 2.81. The molecule has 2 N–H and O–H groups in total. The Bertz CT molecular complexity index is 529. The average Bonchev–Trinajstić information content (AvgIpc) is 2.42. The number of carbonyl (C=O) groups is 2. The van der Waals surface area contributed by atoms with E-state index in [9.17, 15) is 19.7 Å². The van der Waals surface area contributed by atoms with E-state index in [1.165, 1.54) is 0 Å². The van der Waals surface area contributed by atoms with Crippen LogP contribution in [0.5, 0.6) is 5.75 Å². The standard InChI is InChI=1S/C12H14N2O6/c1-2-5-13-11(15)7-20-10-4-3-8(14(18)19)6-9(10)12(16)17/h3-4,6H,2,5,7H2,1H3,(H,13,15)(H,16,17). The van der Waals surface area contributed by atoms with Gasteiger partial charge in [0.2, 0.25) is 0 Å². The summed E-state index contributed by atoms with van der Waals surface area (Å²) in [5, 5.41) is 22.1. The molecule has 1 rings (SSSR count). The van der Waals surface area contributed by atoms with E-state index in [1.807, 2.05) is 6.92 Å². The second-order valence-electron chi connectivity index (χ2n) is 3.88. The fourth-order valence-electron chi connectivity index (χ4n) is 1.38. The van der Waals surface area contributed by atoms with Crippen molar-refractivity contribution in [3.8, 4) is 5.75 Å². The van der Waals surface area contributed by atoms with Gasteiger partial charge in [-0.15, -0.1) is 0 Å². The van der Waals surface area contributed by atoms with Gasteiger partial charge in [-0.3, -0.25) is 14.9 Å². The highest BCUT2D eigenvalue weighted by atomic mass is 16.6. The smallest absolute Gasteiger partial charge is 0.339 e. The summed E-state index contributed by atoms with van der Waals surface area (Å²) in [6, 6.07) is 3.17. The molecule has 20 heavy (non-hydrogen) atoms. The number of nitro groups is 1. The van der Waals surface area contributed by atoms with E-state index in [0.29, 0.717) is 6.54 Å². The molecule has 0 radical (unpaired) electrons. The molecule has 0 aromatic heterocycles. The molecule has 1 amide bonds. The summed E-state index contributed by atoms with van der Waals surface area (Å²) in [6.45, 7) is 2.03. The molecule has 0 aliphatic rings. The van der Waals surface area contributed by atoms with Crippen LogP contribution in [0.1, 0.15) is 23.7 Å².